The topological polar surface area (TPSA) is 21.3 Å². The van der Waals surface area contributed by atoms with Crippen LogP contribution in [0.4, 0.5) is 13.2 Å². The molecule has 1 atom stereocenters. The molecule has 0 amide bonds. The van der Waals surface area contributed by atoms with Crippen LogP contribution in [-0.2, 0) is 6.18 Å². The second kappa shape index (κ2) is 6.18. The molecule has 112 valence electrons. The van der Waals surface area contributed by atoms with Crippen molar-refractivity contribution in [1.82, 2.24) is 5.32 Å². The minimum absolute atomic E-state index is 0.307. The molecule has 2 rings (SSSR count). The molecule has 1 N–H and O–H groups in total. The van der Waals surface area contributed by atoms with Gasteiger partial charge in [0.05, 0.1) is 18.7 Å². The maximum atomic E-state index is 12.8. The quantitative estimate of drug-likeness (QED) is 0.919. The van der Waals surface area contributed by atoms with E-state index in [2.05, 4.69) is 5.32 Å². The van der Waals surface area contributed by atoms with Gasteiger partial charge in [-0.25, -0.2) is 0 Å². The van der Waals surface area contributed by atoms with E-state index >= 15 is 0 Å². The molecule has 0 saturated carbocycles. The Bertz CT molecular complexity index is 593. The molecule has 0 bridgehead atoms. The van der Waals surface area contributed by atoms with E-state index in [0.29, 0.717) is 11.3 Å². The van der Waals surface area contributed by atoms with Gasteiger partial charge in [0.15, 0.2) is 0 Å². The first kappa shape index (κ1) is 15.4. The van der Waals surface area contributed by atoms with E-state index in [1.807, 2.05) is 12.1 Å². The zero-order valence-electron chi connectivity index (χ0n) is 11.7. The van der Waals surface area contributed by atoms with E-state index in [1.54, 1.807) is 32.4 Å². The Balaban J connectivity index is 2.36. The van der Waals surface area contributed by atoms with Crippen LogP contribution in [0.5, 0.6) is 5.75 Å². The lowest BCUT2D eigenvalue weighted by Crippen LogP contribution is -2.18. The Morgan fingerprint density at radius 2 is 1.67 bits per heavy atom. The van der Waals surface area contributed by atoms with Crippen molar-refractivity contribution in [2.45, 2.75) is 12.2 Å². The third kappa shape index (κ3) is 3.55. The summed E-state index contributed by atoms with van der Waals surface area (Å²) in [7, 11) is 3.28. The smallest absolute Gasteiger partial charge is 0.416 e. The molecule has 0 heterocycles. The SMILES string of the molecule is CNC(c1ccc(OC)cc1)c1cccc(C(F)(F)F)c1. The minimum atomic E-state index is -4.34. The van der Waals surface area contributed by atoms with E-state index in [0.717, 1.165) is 11.6 Å². The number of benzene rings is 2. The Hall–Kier alpha value is -2.01. The van der Waals surface area contributed by atoms with Crippen molar-refractivity contribution in [3.63, 3.8) is 0 Å². The van der Waals surface area contributed by atoms with Gasteiger partial charge in [-0.2, -0.15) is 13.2 Å². The van der Waals surface area contributed by atoms with Crippen LogP contribution in [-0.4, -0.2) is 14.2 Å². The van der Waals surface area contributed by atoms with Crippen LogP contribution in [0.1, 0.15) is 22.7 Å². The van der Waals surface area contributed by atoms with Gasteiger partial charge >= 0.3 is 6.18 Å². The van der Waals surface area contributed by atoms with E-state index in [1.165, 1.54) is 12.1 Å². The van der Waals surface area contributed by atoms with Gasteiger partial charge in [-0.15, -0.1) is 0 Å². The monoisotopic (exact) mass is 295 g/mol. The number of rotatable bonds is 4. The van der Waals surface area contributed by atoms with Gasteiger partial charge in [0.2, 0.25) is 0 Å². The summed E-state index contributed by atoms with van der Waals surface area (Å²) in [6.07, 6.45) is -4.34. The van der Waals surface area contributed by atoms with Crippen LogP contribution in [0.3, 0.4) is 0 Å². The zero-order valence-corrected chi connectivity index (χ0v) is 11.7. The third-order valence-electron chi connectivity index (χ3n) is 3.29. The highest BCUT2D eigenvalue weighted by Gasteiger charge is 2.31. The molecular formula is C16H16F3NO. The molecule has 5 heteroatoms. The molecule has 0 aliphatic carbocycles. The van der Waals surface area contributed by atoms with Crippen LogP contribution in [0.25, 0.3) is 0 Å². The lowest BCUT2D eigenvalue weighted by atomic mass is 9.97. The van der Waals surface area contributed by atoms with Crippen LogP contribution < -0.4 is 10.1 Å². The van der Waals surface area contributed by atoms with Gasteiger partial charge in [0.25, 0.3) is 0 Å². The van der Waals surface area contributed by atoms with E-state index in [-0.39, 0.29) is 6.04 Å². The molecule has 0 aliphatic heterocycles. The van der Waals surface area contributed by atoms with Crippen LogP contribution in [0, 0.1) is 0 Å². The first-order valence-corrected chi connectivity index (χ1v) is 6.44. The van der Waals surface area contributed by atoms with Gasteiger partial charge in [-0.1, -0.05) is 24.3 Å². The molecule has 0 fully saturated rings. The summed E-state index contributed by atoms with van der Waals surface area (Å²) in [5, 5.41) is 3.04. The molecule has 0 aromatic heterocycles. The summed E-state index contributed by atoms with van der Waals surface area (Å²) in [6.45, 7) is 0. The van der Waals surface area contributed by atoms with Crippen LogP contribution >= 0.6 is 0 Å². The van der Waals surface area contributed by atoms with E-state index in [4.69, 9.17) is 4.74 Å². The average Bonchev–Trinajstić information content (AvgIpc) is 2.48. The molecule has 2 aromatic carbocycles. The number of methoxy groups -OCH3 is 1. The first-order valence-electron chi connectivity index (χ1n) is 6.44. The Morgan fingerprint density at radius 3 is 2.19 bits per heavy atom. The molecule has 0 aliphatic rings. The number of halogens is 3. The number of hydrogen-bond donors (Lipinski definition) is 1. The highest BCUT2D eigenvalue weighted by molar-refractivity contribution is 5.37. The van der Waals surface area contributed by atoms with Crippen LogP contribution in [0.15, 0.2) is 48.5 Å². The van der Waals surface area contributed by atoms with Crippen molar-refractivity contribution in [2.24, 2.45) is 0 Å². The van der Waals surface area contributed by atoms with Crippen molar-refractivity contribution in [3.8, 4) is 5.75 Å². The third-order valence-corrected chi connectivity index (χ3v) is 3.29. The summed E-state index contributed by atoms with van der Waals surface area (Å²) in [4.78, 5) is 0. The maximum Gasteiger partial charge on any atom is 0.416 e. The molecule has 2 nitrogen and oxygen atoms in total. The van der Waals surface area contributed by atoms with Gasteiger partial charge < -0.3 is 10.1 Å². The standard InChI is InChI=1S/C16H16F3NO/c1-20-15(11-6-8-14(21-2)9-7-11)12-4-3-5-13(10-12)16(17,18)19/h3-10,15,20H,1-2H3. The van der Waals surface area contributed by atoms with Crippen molar-refractivity contribution >= 4 is 0 Å². The molecule has 0 radical (unpaired) electrons. The minimum Gasteiger partial charge on any atom is -0.497 e. The second-order valence-electron chi connectivity index (χ2n) is 4.62. The number of alkyl halides is 3. The highest BCUT2D eigenvalue weighted by Crippen LogP contribution is 2.32. The number of nitrogens with one attached hydrogen (secondary N) is 1. The van der Waals surface area contributed by atoms with Gasteiger partial charge in [-0.05, 0) is 42.4 Å². The molecule has 1 unspecified atom stereocenters. The fraction of sp³-hybridized carbons (Fsp3) is 0.250. The number of hydrogen-bond acceptors (Lipinski definition) is 2. The van der Waals surface area contributed by atoms with Gasteiger partial charge in [0.1, 0.15) is 5.75 Å². The van der Waals surface area contributed by atoms with Crippen molar-refractivity contribution in [1.29, 1.82) is 0 Å². The summed E-state index contributed by atoms with van der Waals surface area (Å²) < 4.78 is 43.5. The van der Waals surface area contributed by atoms with Gasteiger partial charge in [0, 0.05) is 0 Å². The Labute approximate surface area is 121 Å². The average molecular weight is 295 g/mol. The molecule has 2 aromatic rings. The summed E-state index contributed by atoms with van der Waals surface area (Å²) >= 11 is 0. The molecule has 0 spiro atoms. The Morgan fingerprint density at radius 1 is 1.00 bits per heavy atom. The van der Waals surface area contributed by atoms with E-state index in [9.17, 15) is 13.2 Å². The fourth-order valence-corrected chi connectivity index (χ4v) is 2.22. The molecular weight excluding hydrogens is 279 g/mol. The molecule has 21 heavy (non-hydrogen) atoms. The zero-order chi connectivity index (χ0) is 15.5. The first-order chi connectivity index (χ1) is 9.95. The van der Waals surface area contributed by atoms with Crippen molar-refractivity contribution < 1.29 is 17.9 Å². The van der Waals surface area contributed by atoms with Gasteiger partial charge in [-0.3, -0.25) is 0 Å². The highest BCUT2D eigenvalue weighted by atomic mass is 19.4. The summed E-state index contributed by atoms with van der Waals surface area (Å²) in [5.74, 6) is 0.706. The predicted octanol–water partition coefficient (Wildman–Crippen LogP) is 4.02. The second-order valence-corrected chi connectivity index (χ2v) is 4.62. The van der Waals surface area contributed by atoms with Crippen molar-refractivity contribution in [2.75, 3.05) is 14.2 Å². The fourth-order valence-electron chi connectivity index (χ4n) is 2.22. The summed E-state index contributed by atoms with van der Waals surface area (Å²) in [6, 6.07) is 12.3. The maximum absolute atomic E-state index is 12.8. The van der Waals surface area contributed by atoms with Crippen LogP contribution in [0.2, 0.25) is 0 Å². The number of ether oxygens (including phenoxy) is 1. The van der Waals surface area contributed by atoms with E-state index < -0.39 is 11.7 Å². The molecule has 0 saturated heterocycles. The lowest BCUT2D eigenvalue weighted by molar-refractivity contribution is -0.137. The van der Waals surface area contributed by atoms with Crippen molar-refractivity contribution in [3.05, 3.63) is 65.2 Å². The normalized spacial score (nSPS) is 13.0. The Kier molecular flexibility index (Phi) is 4.53. The lowest BCUT2D eigenvalue weighted by Gasteiger charge is -2.19. The summed E-state index contributed by atoms with van der Waals surface area (Å²) in [5.41, 5.74) is 0.795. The predicted molar refractivity (Wildman–Crippen MR) is 75.3 cm³/mol. The largest absolute Gasteiger partial charge is 0.497 e.